The van der Waals surface area contributed by atoms with Crippen LogP contribution in [0.5, 0.6) is 0 Å². The molecule has 2 aromatic rings. The molecule has 2 heterocycles. The minimum absolute atomic E-state index is 0.0379. The minimum atomic E-state index is 0.0379. The smallest absolute Gasteiger partial charge is 0.238 e. The van der Waals surface area contributed by atoms with E-state index in [4.69, 9.17) is 4.42 Å². The maximum Gasteiger partial charge on any atom is 0.238 e. The van der Waals surface area contributed by atoms with E-state index < -0.39 is 0 Å². The van der Waals surface area contributed by atoms with Crippen LogP contribution in [0.2, 0.25) is 0 Å². The average molecular weight is 367 g/mol. The first-order valence-electron chi connectivity index (χ1n) is 10.2. The highest BCUT2D eigenvalue weighted by Crippen LogP contribution is 2.28. The van der Waals surface area contributed by atoms with Crippen LogP contribution in [0.4, 0.5) is 11.4 Å². The number of nitrogens with one attached hydrogen (secondary N) is 1. The highest BCUT2D eigenvalue weighted by atomic mass is 16.3. The molecule has 144 valence electrons. The Hall–Kier alpha value is -2.27. The quantitative estimate of drug-likeness (QED) is 0.794. The lowest BCUT2D eigenvalue weighted by atomic mass is 10.2. The molecule has 0 unspecified atom stereocenters. The molecule has 1 aliphatic heterocycles. The largest absolute Gasteiger partial charge is 0.468 e. The fraction of sp³-hybridized carbons (Fsp3) is 0.500. The van der Waals surface area contributed by atoms with Gasteiger partial charge in [-0.05, 0) is 62.1 Å². The van der Waals surface area contributed by atoms with E-state index in [1.807, 2.05) is 24.3 Å². The number of hydrogen-bond donors (Lipinski definition) is 1. The van der Waals surface area contributed by atoms with Gasteiger partial charge < -0.3 is 14.6 Å². The van der Waals surface area contributed by atoms with Crippen molar-refractivity contribution in [3.8, 4) is 0 Å². The second-order valence-electron chi connectivity index (χ2n) is 7.71. The molecule has 0 bridgehead atoms. The van der Waals surface area contributed by atoms with E-state index in [0.717, 1.165) is 24.5 Å². The van der Waals surface area contributed by atoms with Crippen molar-refractivity contribution in [1.82, 2.24) is 4.90 Å². The van der Waals surface area contributed by atoms with Gasteiger partial charge in [0, 0.05) is 30.5 Å². The number of amides is 1. The molecule has 0 spiro atoms. The van der Waals surface area contributed by atoms with Crippen molar-refractivity contribution < 1.29 is 9.21 Å². The molecule has 1 aromatic heterocycles. The van der Waals surface area contributed by atoms with Crippen molar-refractivity contribution in [2.24, 2.45) is 0 Å². The molecule has 2 aliphatic rings. The fourth-order valence-corrected chi connectivity index (χ4v) is 3.83. The van der Waals surface area contributed by atoms with Crippen LogP contribution >= 0.6 is 0 Å². The van der Waals surface area contributed by atoms with Crippen molar-refractivity contribution >= 4 is 17.3 Å². The Morgan fingerprint density at radius 2 is 1.81 bits per heavy atom. The highest BCUT2D eigenvalue weighted by molar-refractivity contribution is 5.92. The van der Waals surface area contributed by atoms with E-state index in [2.05, 4.69) is 27.2 Å². The first-order valence-corrected chi connectivity index (χ1v) is 10.2. The molecule has 1 aromatic carbocycles. The van der Waals surface area contributed by atoms with E-state index in [1.165, 1.54) is 44.2 Å². The number of furan rings is 1. The summed E-state index contributed by atoms with van der Waals surface area (Å²) in [6, 6.07) is 12.7. The van der Waals surface area contributed by atoms with Gasteiger partial charge in [-0.1, -0.05) is 12.8 Å². The van der Waals surface area contributed by atoms with Crippen molar-refractivity contribution in [3.63, 3.8) is 0 Å². The molecule has 2 fully saturated rings. The van der Waals surface area contributed by atoms with Crippen molar-refractivity contribution in [3.05, 3.63) is 48.4 Å². The molecule has 0 atom stereocenters. The normalized spacial score (nSPS) is 17.7. The molecule has 1 saturated heterocycles. The minimum Gasteiger partial charge on any atom is -0.468 e. The second kappa shape index (κ2) is 8.61. The molecule has 27 heavy (non-hydrogen) atoms. The molecule has 4 rings (SSSR count). The summed E-state index contributed by atoms with van der Waals surface area (Å²) >= 11 is 0. The topological polar surface area (TPSA) is 48.7 Å². The van der Waals surface area contributed by atoms with Gasteiger partial charge >= 0.3 is 0 Å². The summed E-state index contributed by atoms with van der Waals surface area (Å²) < 4.78 is 5.44. The Morgan fingerprint density at radius 3 is 2.44 bits per heavy atom. The Kier molecular flexibility index (Phi) is 5.78. The molecule has 5 heteroatoms. The Labute approximate surface area is 161 Å². The van der Waals surface area contributed by atoms with Crippen LogP contribution in [0, 0.1) is 0 Å². The molecule has 5 nitrogen and oxygen atoms in total. The lowest BCUT2D eigenvalue weighted by molar-refractivity contribution is -0.117. The van der Waals surface area contributed by atoms with E-state index in [0.29, 0.717) is 19.1 Å². The summed E-state index contributed by atoms with van der Waals surface area (Å²) in [6.45, 7) is 3.36. The summed E-state index contributed by atoms with van der Waals surface area (Å²) in [6.07, 6.45) is 9.22. The molecule has 1 aliphatic carbocycles. The maximum atomic E-state index is 12.5. The zero-order valence-electron chi connectivity index (χ0n) is 15.9. The van der Waals surface area contributed by atoms with Crippen LogP contribution in [0.25, 0.3) is 0 Å². The number of hydrogen-bond acceptors (Lipinski definition) is 4. The van der Waals surface area contributed by atoms with Crippen molar-refractivity contribution in [2.75, 3.05) is 29.9 Å². The van der Waals surface area contributed by atoms with E-state index in [9.17, 15) is 4.79 Å². The third-order valence-electron chi connectivity index (χ3n) is 5.47. The van der Waals surface area contributed by atoms with Gasteiger partial charge in [0.15, 0.2) is 0 Å². The average Bonchev–Trinajstić information content (AvgIpc) is 3.45. The van der Waals surface area contributed by atoms with Gasteiger partial charge in [-0.25, -0.2) is 0 Å². The van der Waals surface area contributed by atoms with Crippen LogP contribution in [0.1, 0.15) is 44.3 Å². The fourth-order valence-electron chi connectivity index (χ4n) is 3.83. The van der Waals surface area contributed by atoms with Crippen molar-refractivity contribution in [2.45, 2.75) is 51.1 Å². The Balaban J connectivity index is 1.31. The number of carbonyl (C=O) groups excluding carboxylic acids is 1. The zero-order chi connectivity index (χ0) is 18.5. The van der Waals surface area contributed by atoms with Crippen molar-refractivity contribution in [1.29, 1.82) is 0 Å². The van der Waals surface area contributed by atoms with Gasteiger partial charge in [-0.2, -0.15) is 0 Å². The van der Waals surface area contributed by atoms with Crippen LogP contribution in [-0.2, 0) is 11.3 Å². The first kappa shape index (κ1) is 18.1. The first-order chi connectivity index (χ1) is 13.3. The van der Waals surface area contributed by atoms with Crippen LogP contribution < -0.4 is 10.2 Å². The van der Waals surface area contributed by atoms with Crippen LogP contribution in [0.15, 0.2) is 47.1 Å². The lowest BCUT2D eigenvalue weighted by Gasteiger charge is -2.23. The summed E-state index contributed by atoms with van der Waals surface area (Å²) in [5.74, 6) is 0.951. The molecule has 1 amide bonds. The van der Waals surface area contributed by atoms with Gasteiger partial charge in [0.2, 0.25) is 5.91 Å². The third kappa shape index (κ3) is 5.13. The maximum absolute atomic E-state index is 12.5. The summed E-state index contributed by atoms with van der Waals surface area (Å²) in [5, 5.41) is 3.05. The number of rotatable bonds is 7. The number of anilines is 2. The lowest BCUT2D eigenvalue weighted by Crippen LogP contribution is -2.34. The van der Waals surface area contributed by atoms with E-state index in [-0.39, 0.29) is 5.91 Å². The van der Waals surface area contributed by atoms with E-state index >= 15 is 0 Å². The standard InChI is InChI=1S/C22H29N3O2/c26-22(17-25(20-11-12-20)16-21-6-5-15-27-21)23-18-7-9-19(10-8-18)24-13-3-1-2-4-14-24/h5-10,15,20H,1-4,11-14,16-17H2,(H,23,26). The number of benzene rings is 1. The van der Waals surface area contributed by atoms with E-state index in [1.54, 1.807) is 6.26 Å². The summed E-state index contributed by atoms with van der Waals surface area (Å²) in [7, 11) is 0. The highest BCUT2D eigenvalue weighted by Gasteiger charge is 2.30. The molecule has 1 saturated carbocycles. The Morgan fingerprint density at radius 1 is 1.07 bits per heavy atom. The number of carbonyl (C=O) groups is 1. The second-order valence-corrected chi connectivity index (χ2v) is 7.71. The Bertz CT molecular complexity index is 715. The van der Waals surface area contributed by atoms with Gasteiger partial charge in [0.1, 0.15) is 5.76 Å². The van der Waals surface area contributed by atoms with Gasteiger partial charge in [0.05, 0.1) is 19.4 Å². The number of nitrogens with zero attached hydrogens (tertiary/aromatic N) is 2. The van der Waals surface area contributed by atoms with Gasteiger partial charge in [-0.15, -0.1) is 0 Å². The summed E-state index contributed by atoms with van der Waals surface area (Å²) in [4.78, 5) is 17.2. The summed E-state index contributed by atoms with van der Waals surface area (Å²) in [5.41, 5.74) is 2.12. The molecule has 1 N–H and O–H groups in total. The predicted octanol–water partition coefficient (Wildman–Crippen LogP) is 4.26. The van der Waals surface area contributed by atoms with Crippen LogP contribution in [-0.4, -0.2) is 36.5 Å². The van der Waals surface area contributed by atoms with Gasteiger partial charge in [0.25, 0.3) is 0 Å². The zero-order valence-corrected chi connectivity index (χ0v) is 15.9. The molecule has 0 radical (unpaired) electrons. The van der Waals surface area contributed by atoms with Crippen LogP contribution in [0.3, 0.4) is 0 Å². The predicted molar refractivity (Wildman–Crippen MR) is 108 cm³/mol. The SMILES string of the molecule is O=C(CN(Cc1ccco1)C1CC1)Nc1ccc(N2CCCCCC2)cc1. The molecular formula is C22H29N3O2. The third-order valence-corrected chi connectivity index (χ3v) is 5.47. The van der Waals surface area contributed by atoms with Gasteiger partial charge in [-0.3, -0.25) is 9.69 Å². The molecular weight excluding hydrogens is 338 g/mol. The monoisotopic (exact) mass is 367 g/mol.